The van der Waals surface area contributed by atoms with E-state index in [4.69, 9.17) is 4.42 Å². The molecule has 0 radical (unpaired) electrons. The van der Waals surface area contributed by atoms with Crippen molar-refractivity contribution in [2.75, 3.05) is 12.0 Å². The highest BCUT2D eigenvalue weighted by Crippen LogP contribution is 2.20. The first kappa shape index (κ1) is 12.3. The summed E-state index contributed by atoms with van der Waals surface area (Å²) in [6, 6.07) is 3.48. The van der Waals surface area contributed by atoms with E-state index in [9.17, 15) is 13.5 Å². The first-order valence-electron chi connectivity index (χ1n) is 4.86. The van der Waals surface area contributed by atoms with Crippen molar-refractivity contribution in [1.29, 1.82) is 0 Å². The van der Waals surface area contributed by atoms with Gasteiger partial charge in [0, 0.05) is 12.7 Å². The van der Waals surface area contributed by atoms with E-state index in [2.05, 4.69) is 0 Å². The van der Waals surface area contributed by atoms with Crippen molar-refractivity contribution in [3.8, 4) is 0 Å². The molecule has 1 rings (SSSR count). The minimum atomic E-state index is -3.03. The summed E-state index contributed by atoms with van der Waals surface area (Å²) in [6.45, 7) is 1.95. The molecule has 0 aliphatic heterocycles. The van der Waals surface area contributed by atoms with Gasteiger partial charge in [0.25, 0.3) is 0 Å². The third kappa shape index (κ3) is 4.05. The molecule has 0 bridgehead atoms. The van der Waals surface area contributed by atoms with Crippen LogP contribution in [0.2, 0.25) is 0 Å². The molecule has 1 aromatic rings. The zero-order chi connectivity index (χ0) is 11.5. The fraction of sp³-hybridized carbons (Fsp3) is 0.600. The molecule has 1 atom stereocenters. The Hall–Kier alpha value is -0.810. The minimum absolute atomic E-state index is 0.0314. The molecule has 1 N–H and O–H groups in total. The SMILES string of the molecule is CCc1ccc(C(O)CCS(C)(=O)=O)o1. The van der Waals surface area contributed by atoms with Gasteiger partial charge in [0.1, 0.15) is 27.5 Å². The molecule has 1 aromatic heterocycles. The van der Waals surface area contributed by atoms with Gasteiger partial charge in [-0.2, -0.15) is 0 Å². The van der Waals surface area contributed by atoms with E-state index in [-0.39, 0.29) is 12.2 Å². The Labute approximate surface area is 89.8 Å². The smallest absolute Gasteiger partial charge is 0.147 e. The van der Waals surface area contributed by atoms with Crippen molar-refractivity contribution in [1.82, 2.24) is 0 Å². The van der Waals surface area contributed by atoms with Crippen molar-refractivity contribution in [2.45, 2.75) is 25.9 Å². The molecule has 86 valence electrons. The molecule has 0 saturated heterocycles. The molecule has 0 aliphatic rings. The molecule has 0 aliphatic carbocycles. The predicted octanol–water partition coefficient (Wildman–Crippen LogP) is 1.31. The fourth-order valence-corrected chi connectivity index (χ4v) is 1.88. The number of sulfone groups is 1. The number of furan rings is 1. The van der Waals surface area contributed by atoms with Gasteiger partial charge in [-0.05, 0) is 18.6 Å². The average Bonchev–Trinajstić information content (AvgIpc) is 2.61. The molecule has 0 fully saturated rings. The van der Waals surface area contributed by atoms with Gasteiger partial charge in [-0.3, -0.25) is 0 Å². The quantitative estimate of drug-likeness (QED) is 0.831. The van der Waals surface area contributed by atoms with Crippen molar-refractivity contribution in [2.24, 2.45) is 0 Å². The predicted molar refractivity (Wildman–Crippen MR) is 57.4 cm³/mol. The second-order valence-electron chi connectivity index (χ2n) is 3.59. The molecule has 5 heteroatoms. The minimum Gasteiger partial charge on any atom is -0.463 e. The van der Waals surface area contributed by atoms with Gasteiger partial charge in [-0.25, -0.2) is 8.42 Å². The summed E-state index contributed by atoms with van der Waals surface area (Å²) in [5.74, 6) is 1.20. The number of rotatable bonds is 5. The second-order valence-corrected chi connectivity index (χ2v) is 5.85. The van der Waals surface area contributed by atoms with Crippen LogP contribution in [0.1, 0.15) is 31.0 Å². The molecule has 4 nitrogen and oxygen atoms in total. The van der Waals surface area contributed by atoms with Crippen LogP contribution in [0.5, 0.6) is 0 Å². The van der Waals surface area contributed by atoms with E-state index in [0.717, 1.165) is 18.4 Å². The van der Waals surface area contributed by atoms with Gasteiger partial charge >= 0.3 is 0 Å². The first-order chi connectivity index (χ1) is 6.92. The Morgan fingerprint density at radius 2 is 2.13 bits per heavy atom. The lowest BCUT2D eigenvalue weighted by Crippen LogP contribution is -2.07. The lowest BCUT2D eigenvalue weighted by atomic mass is 10.2. The van der Waals surface area contributed by atoms with Crippen LogP contribution in [-0.2, 0) is 16.3 Å². The first-order valence-corrected chi connectivity index (χ1v) is 6.93. The Morgan fingerprint density at radius 1 is 1.47 bits per heavy atom. The van der Waals surface area contributed by atoms with Crippen molar-refractivity contribution >= 4 is 9.84 Å². The largest absolute Gasteiger partial charge is 0.463 e. The summed E-state index contributed by atoms with van der Waals surface area (Å²) in [6.07, 6.45) is 1.26. The Kier molecular flexibility index (Phi) is 3.93. The molecule has 1 unspecified atom stereocenters. The maximum absolute atomic E-state index is 10.9. The number of hydrogen-bond donors (Lipinski definition) is 1. The zero-order valence-electron chi connectivity index (χ0n) is 8.93. The lowest BCUT2D eigenvalue weighted by molar-refractivity contribution is 0.144. The van der Waals surface area contributed by atoms with Crippen molar-refractivity contribution in [3.05, 3.63) is 23.7 Å². The number of hydrogen-bond acceptors (Lipinski definition) is 4. The van der Waals surface area contributed by atoms with Crippen LogP contribution >= 0.6 is 0 Å². The second kappa shape index (κ2) is 4.81. The molecule has 0 aromatic carbocycles. The summed E-state index contributed by atoms with van der Waals surface area (Å²) in [7, 11) is -3.03. The van der Waals surface area contributed by atoms with Crippen LogP contribution in [0, 0.1) is 0 Å². The molecule has 1 heterocycles. The van der Waals surface area contributed by atoms with Crippen LogP contribution in [0.25, 0.3) is 0 Å². The van der Waals surface area contributed by atoms with Gasteiger partial charge in [-0.15, -0.1) is 0 Å². The maximum Gasteiger partial charge on any atom is 0.147 e. The number of aliphatic hydroxyl groups is 1. The monoisotopic (exact) mass is 232 g/mol. The molecule has 15 heavy (non-hydrogen) atoms. The van der Waals surface area contributed by atoms with Gasteiger partial charge in [0.15, 0.2) is 0 Å². The Morgan fingerprint density at radius 3 is 2.60 bits per heavy atom. The standard InChI is InChI=1S/C10H16O4S/c1-3-8-4-5-10(14-8)9(11)6-7-15(2,12)13/h4-5,9,11H,3,6-7H2,1-2H3. The van der Waals surface area contributed by atoms with Gasteiger partial charge in [0.05, 0.1) is 5.75 Å². The Bertz CT molecular complexity index is 405. The summed E-state index contributed by atoms with van der Waals surface area (Å²) < 4.78 is 27.1. The lowest BCUT2D eigenvalue weighted by Gasteiger charge is -2.06. The van der Waals surface area contributed by atoms with E-state index in [1.807, 2.05) is 6.92 Å². The molecular formula is C10H16O4S. The fourth-order valence-electron chi connectivity index (χ4n) is 1.23. The highest BCUT2D eigenvalue weighted by Gasteiger charge is 2.14. The van der Waals surface area contributed by atoms with Crippen LogP contribution < -0.4 is 0 Å². The highest BCUT2D eigenvalue weighted by atomic mass is 32.2. The zero-order valence-corrected chi connectivity index (χ0v) is 9.75. The average molecular weight is 232 g/mol. The highest BCUT2D eigenvalue weighted by molar-refractivity contribution is 7.90. The van der Waals surface area contributed by atoms with E-state index in [1.54, 1.807) is 12.1 Å². The number of aryl methyl sites for hydroxylation is 1. The summed E-state index contributed by atoms with van der Waals surface area (Å²) in [5.41, 5.74) is 0. The summed E-state index contributed by atoms with van der Waals surface area (Å²) in [4.78, 5) is 0. The van der Waals surface area contributed by atoms with Crippen LogP contribution in [-0.4, -0.2) is 25.5 Å². The van der Waals surface area contributed by atoms with E-state index < -0.39 is 15.9 Å². The molecule has 0 amide bonds. The van der Waals surface area contributed by atoms with E-state index in [1.165, 1.54) is 0 Å². The molecular weight excluding hydrogens is 216 g/mol. The van der Waals surface area contributed by atoms with Gasteiger partial charge < -0.3 is 9.52 Å². The topological polar surface area (TPSA) is 67.5 Å². The summed E-state index contributed by atoms with van der Waals surface area (Å²) >= 11 is 0. The number of aliphatic hydroxyl groups excluding tert-OH is 1. The van der Waals surface area contributed by atoms with Crippen LogP contribution in [0.4, 0.5) is 0 Å². The normalized spacial score (nSPS) is 14.1. The Balaban J connectivity index is 2.57. The van der Waals surface area contributed by atoms with E-state index in [0.29, 0.717) is 5.76 Å². The third-order valence-electron chi connectivity index (χ3n) is 2.12. The third-order valence-corrected chi connectivity index (χ3v) is 3.10. The van der Waals surface area contributed by atoms with Crippen LogP contribution in [0.3, 0.4) is 0 Å². The van der Waals surface area contributed by atoms with E-state index >= 15 is 0 Å². The van der Waals surface area contributed by atoms with Gasteiger partial charge in [-0.1, -0.05) is 6.92 Å². The molecule has 0 spiro atoms. The maximum atomic E-state index is 10.9. The summed E-state index contributed by atoms with van der Waals surface area (Å²) in [5, 5.41) is 9.63. The van der Waals surface area contributed by atoms with Crippen molar-refractivity contribution < 1.29 is 17.9 Å². The van der Waals surface area contributed by atoms with Gasteiger partial charge in [0.2, 0.25) is 0 Å². The molecule has 0 saturated carbocycles. The van der Waals surface area contributed by atoms with Crippen LogP contribution in [0.15, 0.2) is 16.5 Å². The van der Waals surface area contributed by atoms with Crippen molar-refractivity contribution in [3.63, 3.8) is 0 Å².